The molecule has 0 aromatic heterocycles. The molecule has 0 bridgehead atoms. The Morgan fingerprint density at radius 2 is 2.05 bits per heavy atom. The first-order valence-corrected chi connectivity index (χ1v) is 7.09. The maximum atomic E-state index is 13.2. The third kappa shape index (κ3) is 2.36. The van der Waals surface area contributed by atoms with Crippen LogP contribution in [0.3, 0.4) is 0 Å². The van der Waals surface area contributed by atoms with E-state index < -0.39 is 5.82 Å². The number of carbonyl (C=O) groups is 1. The maximum absolute atomic E-state index is 13.2. The van der Waals surface area contributed by atoms with Crippen LogP contribution in [0, 0.1) is 12.7 Å². The number of hydrogen-bond acceptors (Lipinski definition) is 2. The van der Waals surface area contributed by atoms with Crippen LogP contribution in [-0.2, 0) is 0 Å². The minimum Gasteiger partial charge on any atom is -0.484 e. The molecule has 0 radical (unpaired) electrons. The van der Waals surface area contributed by atoms with E-state index in [1.165, 1.54) is 18.2 Å². The lowest BCUT2D eigenvalue weighted by molar-refractivity contribution is 0.0849. The maximum Gasteiger partial charge on any atom is 0.170 e. The molecule has 4 heteroatoms. The lowest BCUT2D eigenvalue weighted by Crippen LogP contribution is -2.20. The molecule has 1 aliphatic rings. The first-order chi connectivity index (χ1) is 9.54. The third-order valence-electron chi connectivity index (χ3n) is 3.44. The second-order valence-corrected chi connectivity index (χ2v) is 5.74. The first kappa shape index (κ1) is 13.3. The van der Waals surface area contributed by atoms with E-state index in [4.69, 9.17) is 4.74 Å². The van der Waals surface area contributed by atoms with Gasteiger partial charge in [0, 0.05) is 4.47 Å². The van der Waals surface area contributed by atoms with Gasteiger partial charge in [-0.25, -0.2) is 4.39 Å². The van der Waals surface area contributed by atoms with Gasteiger partial charge in [0.05, 0.1) is 12.0 Å². The van der Waals surface area contributed by atoms with Crippen LogP contribution < -0.4 is 4.74 Å². The van der Waals surface area contributed by atoms with Crippen molar-refractivity contribution in [1.82, 2.24) is 0 Å². The molecule has 2 nitrogen and oxygen atoms in total. The molecule has 1 atom stereocenters. The van der Waals surface area contributed by atoms with Crippen molar-refractivity contribution in [3.05, 3.63) is 63.4 Å². The van der Waals surface area contributed by atoms with E-state index >= 15 is 0 Å². The average Bonchev–Trinajstić information content (AvgIpc) is 2.42. The summed E-state index contributed by atoms with van der Waals surface area (Å²) in [6.45, 7) is 1.99. The van der Waals surface area contributed by atoms with Gasteiger partial charge in [0.15, 0.2) is 5.78 Å². The predicted molar refractivity (Wildman–Crippen MR) is 77.6 cm³/mol. The van der Waals surface area contributed by atoms with E-state index in [0.717, 1.165) is 15.6 Å². The summed E-state index contributed by atoms with van der Waals surface area (Å²) >= 11 is 3.45. The number of ether oxygens (including phenoxy) is 1. The molecule has 0 N–H and O–H groups in total. The van der Waals surface area contributed by atoms with Crippen LogP contribution in [0.15, 0.2) is 40.9 Å². The number of aryl methyl sites for hydroxylation is 1. The SMILES string of the molecule is Cc1cc(C2CC(=O)c3cc(F)ccc3O2)ccc1Br. The average molecular weight is 335 g/mol. The Morgan fingerprint density at radius 1 is 1.25 bits per heavy atom. The number of rotatable bonds is 1. The lowest BCUT2D eigenvalue weighted by Gasteiger charge is -2.25. The van der Waals surface area contributed by atoms with Crippen molar-refractivity contribution in [2.75, 3.05) is 0 Å². The first-order valence-electron chi connectivity index (χ1n) is 6.30. The lowest BCUT2D eigenvalue weighted by atomic mass is 9.95. The Bertz CT molecular complexity index is 697. The number of fused-ring (bicyclic) bond motifs is 1. The van der Waals surface area contributed by atoms with Gasteiger partial charge in [-0.15, -0.1) is 0 Å². The number of carbonyl (C=O) groups excluding carboxylic acids is 1. The van der Waals surface area contributed by atoms with Crippen molar-refractivity contribution in [3.8, 4) is 5.75 Å². The minimum absolute atomic E-state index is 0.0867. The van der Waals surface area contributed by atoms with Crippen molar-refractivity contribution in [3.63, 3.8) is 0 Å². The molecule has 1 heterocycles. The molecule has 2 aromatic rings. The van der Waals surface area contributed by atoms with Gasteiger partial charge >= 0.3 is 0 Å². The Morgan fingerprint density at radius 3 is 2.80 bits per heavy atom. The molecule has 0 saturated heterocycles. The second-order valence-electron chi connectivity index (χ2n) is 4.88. The molecule has 1 unspecified atom stereocenters. The Hall–Kier alpha value is -1.68. The summed E-state index contributed by atoms with van der Waals surface area (Å²) in [5, 5.41) is 0. The highest BCUT2D eigenvalue weighted by Gasteiger charge is 2.28. The van der Waals surface area contributed by atoms with Crippen LogP contribution in [0.25, 0.3) is 0 Å². The number of Topliss-reactive ketones (excluding diaryl/α,β-unsaturated/α-hetero) is 1. The van der Waals surface area contributed by atoms with Crippen LogP contribution >= 0.6 is 15.9 Å². The quantitative estimate of drug-likeness (QED) is 0.761. The molecule has 0 amide bonds. The van der Waals surface area contributed by atoms with Crippen LogP contribution in [0.5, 0.6) is 5.75 Å². The van der Waals surface area contributed by atoms with Crippen molar-refractivity contribution in [2.45, 2.75) is 19.4 Å². The van der Waals surface area contributed by atoms with Crippen molar-refractivity contribution >= 4 is 21.7 Å². The highest BCUT2D eigenvalue weighted by atomic mass is 79.9. The fourth-order valence-electron chi connectivity index (χ4n) is 2.35. The topological polar surface area (TPSA) is 26.3 Å². The molecule has 20 heavy (non-hydrogen) atoms. The van der Waals surface area contributed by atoms with Gasteiger partial charge < -0.3 is 4.74 Å². The van der Waals surface area contributed by atoms with Gasteiger partial charge in [0.1, 0.15) is 17.7 Å². The van der Waals surface area contributed by atoms with Crippen LogP contribution in [0.2, 0.25) is 0 Å². The summed E-state index contributed by atoms with van der Waals surface area (Å²) < 4.78 is 20.0. The summed E-state index contributed by atoms with van der Waals surface area (Å²) in [7, 11) is 0. The zero-order valence-corrected chi connectivity index (χ0v) is 12.4. The van der Waals surface area contributed by atoms with Gasteiger partial charge in [-0.2, -0.15) is 0 Å². The summed E-state index contributed by atoms with van der Waals surface area (Å²) in [6, 6.07) is 9.93. The molecule has 3 rings (SSSR count). The number of hydrogen-bond donors (Lipinski definition) is 0. The smallest absolute Gasteiger partial charge is 0.170 e. The molecular weight excluding hydrogens is 323 g/mol. The number of ketones is 1. The highest BCUT2D eigenvalue weighted by molar-refractivity contribution is 9.10. The van der Waals surface area contributed by atoms with E-state index in [2.05, 4.69) is 15.9 Å². The zero-order valence-electron chi connectivity index (χ0n) is 10.8. The van der Waals surface area contributed by atoms with E-state index in [1.54, 1.807) is 0 Å². The monoisotopic (exact) mass is 334 g/mol. The Labute approximate surface area is 124 Å². The summed E-state index contributed by atoms with van der Waals surface area (Å²) in [5.74, 6) is -0.0526. The van der Waals surface area contributed by atoms with E-state index in [9.17, 15) is 9.18 Å². The van der Waals surface area contributed by atoms with Crippen molar-refractivity contribution in [2.24, 2.45) is 0 Å². The summed E-state index contributed by atoms with van der Waals surface area (Å²) in [5.41, 5.74) is 2.37. The molecule has 0 aliphatic carbocycles. The highest BCUT2D eigenvalue weighted by Crippen LogP contribution is 2.36. The molecule has 0 saturated carbocycles. The van der Waals surface area contributed by atoms with E-state index in [0.29, 0.717) is 11.3 Å². The van der Waals surface area contributed by atoms with E-state index in [1.807, 2.05) is 25.1 Å². The fraction of sp³-hybridized carbons (Fsp3) is 0.188. The number of benzene rings is 2. The molecule has 2 aromatic carbocycles. The molecule has 102 valence electrons. The van der Waals surface area contributed by atoms with Crippen molar-refractivity contribution < 1.29 is 13.9 Å². The van der Waals surface area contributed by atoms with Gasteiger partial charge in [-0.1, -0.05) is 28.1 Å². The predicted octanol–water partition coefficient (Wildman–Crippen LogP) is 4.60. The summed E-state index contributed by atoms with van der Waals surface area (Å²) in [6.07, 6.45) is -0.0791. The summed E-state index contributed by atoms with van der Waals surface area (Å²) in [4.78, 5) is 12.1. The van der Waals surface area contributed by atoms with Gasteiger partial charge in [0.2, 0.25) is 0 Å². The van der Waals surface area contributed by atoms with E-state index in [-0.39, 0.29) is 18.3 Å². The van der Waals surface area contributed by atoms with Gasteiger partial charge in [-0.3, -0.25) is 4.79 Å². The normalized spacial score (nSPS) is 17.6. The molecular formula is C16H12BrFO2. The Kier molecular flexibility index (Phi) is 3.34. The standard InChI is InChI=1S/C16H12BrFO2/c1-9-6-10(2-4-13(9)17)16-8-14(19)12-7-11(18)3-5-15(12)20-16/h2-7,16H,8H2,1H3. The fourth-order valence-corrected chi connectivity index (χ4v) is 2.60. The van der Waals surface area contributed by atoms with Gasteiger partial charge in [-0.05, 0) is 42.3 Å². The zero-order chi connectivity index (χ0) is 14.3. The molecule has 0 fully saturated rings. The Balaban J connectivity index is 1.97. The number of halogens is 2. The van der Waals surface area contributed by atoms with Crippen molar-refractivity contribution in [1.29, 1.82) is 0 Å². The largest absolute Gasteiger partial charge is 0.484 e. The molecule has 0 spiro atoms. The molecule has 1 aliphatic heterocycles. The van der Waals surface area contributed by atoms with Crippen LogP contribution in [0.1, 0.15) is 34.0 Å². The minimum atomic E-state index is -0.418. The third-order valence-corrected chi connectivity index (χ3v) is 4.33. The van der Waals surface area contributed by atoms with Crippen LogP contribution in [0.4, 0.5) is 4.39 Å². The van der Waals surface area contributed by atoms with Crippen LogP contribution in [-0.4, -0.2) is 5.78 Å². The second kappa shape index (κ2) is 5.02. The van der Waals surface area contributed by atoms with Gasteiger partial charge in [0.25, 0.3) is 0 Å².